The number of rotatable bonds is 4. The fraction of sp³-hybridized carbons (Fsp3) is 0.0667. The zero-order valence-corrected chi connectivity index (χ0v) is 12.9. The van der Waals surface area contributed by atoms with Gasteiger partial charge in [0.1, 0.15) is 11.6 Å². The number of hydrogen-bond donors (Lipinski definition) is 2. The van der Waals surface area contributed by atoms with Gasteiger partial charge in [-0.05, 0) is 37.3 Å². The molecule has 2 aromatic heterocycles. The number of nitrogens with zero attached hydrogens (tertiary/aromatic N) is 2. The molecule has 0 atom stereocenters. The van der Waals surface area contributed by atoms with Gasteiger partial charge in [0.15, 0.2) is 5.13 Å². The molecule has 0 aliphatic rings. The van der Waals surface area contributed by atoms with E-state index in [0.717, 1.165) is 26.4 Å². The van der Waals surface area contributed by atoms with E-state index in [1.165, 1.54) is 0 Å². The molecule has 0 aliphatic heterocycles. The Morgan fingerprint density at radius 2 is 2.05 bits per heavy atom. The summed E-state index contributed by atoms with van der Waals surface area (Å²) in [5.41, 5.74) is 0.993. The van der Waals surface area contributed by atoms with Gasteiger partial charge in [0.25, 0.3) is 0 Å². The van der Waals surface area contributed by atoms with E-state index < -0.39 is 0 Å². The highest BCUT2D eigenvalue weighted by atomic mass is 32.2. The zero-order chi connectivity index (χ0) is 14.7. The summed E-state index contributed by atoms with van der Waals surface area (Å²) in [6, 6.07) is 11.1. The maximum atomic E-state index is 9.50. The summed E-state index contributed by atoms with van der Waals surface area (Å²) in [4.78, 5) is 10.7. The van der Waals surface area contributed by atoms with Crippen molar-refractivity contribution in [3.63, 3.8) is 0 Å². The number of phenolic OH excluding ortho intramolecular Hbond substituents is 1. The summed E-state index contributed by atoms with van der Waals surface area (Å²) in [5, 5.41) is 15.5. The molecule has 0 amide bonds. The number of benzene rings is 1. The van der Waals surface area contributed by atoms with Gasteiger partial charge in [-0.3, -0.25) is 0 Å². The van der Waals surface area contributed by atoms with E-state index in [4.69, 9.17) is 0 Å². The van der Waals surface area contributed by atoms with E-state index in [-0.39, 0.29) is 5.75 Å². The van der Waals surface area contributed by atoms with Crippen LogP contribution in [0.3, 0.4) is 0 Å². The molecule has 2 heterocycles. The molecule has 2 N–H and O–H groups in total. The predicted octanol–water partition coefficient (Wildman–Crippen LogP) is 4.45. The van der Waals surface area contributed by atoms with Crippen molar-refractivity contribution in [2.45, 2.75) is 16.7 Å². The van der Waals surface area contributed by atoms with Crippen molar-refractivity contribution in [3.05, 3.63) is 53.7 Å². The smallest absolute Gasteiger partial charge is 0.188 e. The number of hydrogen-bond acceptors (Lipinski definition) is 6. The molecule has 0 saturated carbocycles. The van der Waals surface area contributed by atoms with E-state index in [1.807, 2.05) is 36.6 Å². The van der Waals surface area contributed by atoms with Crippen LogP contribution in [0.15, 0.2) is 57.8 Å². The van der Waals surface area contributed by atoms with E-state index in [9.17, 15) is 5.11 Å². The molecule has 0 unspecified atom stereocenters. The van der Waals surface area contributed by atoms with Crippen molar-refractivity contribution in [2.24, 2.45) is 0 Å². The van der Waals surface area contributed by atoms with Gasteiger partial charge in [-0.2, -0.15) is 0 Å². The first-order valence-corrected chi connectivity index (χ1v) is 8.01. The number of pyridine rings is 1. The minimum Gasteiger partial charge on any atom is -0.508 e. The molecule has 0 aliphatic carbocycles. The Morgan fingerprint density at radius 3 is 2.81 bits per heavy atom. The Balaban J connectivity index is 1.76. The quantitative estimate of drug-likeness (QED) is 0.745. The van der Waals surface area contributed by atoms with Crippen molar-refractivity contribution in [2.75, 3.05) is 5.32 Å². The molecular formula is C15H13N3OS2. The highest BCUT2D eigenvalue weighted by molar-refractivity contribution is 7.99. The summed E-state index contributed by atoms with van der Waals surface area (Å²) < 4.78 is 0. The topological polar surface area (TPSA) is 58.0 Å². The molecule has 0 fully saturated rings. The summed E-state index contributed by atoms with van der Waals surface area (Å²) in [7, 11) is 0. The van der Waals surface area contributed by atoms with Crippen LogP contribution in [0.4, 0.5) is 10.9 Å². The third-order valence-electron chi connectivity index (χ3n) is 2.64. The third kappa shape index (κ3) is 3.74. The average Bonchev–Trinajstić information content (AvgIpc) is 2.84. The number of aryl methyl sites for hydroxylation is 1. The molecule has 3 rings (SSSR count). The lowest BCUT2D eigenvalue weighted by molar-refractivity contribution is 0.474. The van der Waals surface area contributed by atoms with E-state index in [0.29, 0.717) is 0 Å². The Kier molecular flexibility index (Phi) is 4.08. The lowest BCUT2D eigenvalue weighted by atomic mass is 10.3. The molecule has 21 heavy (non-hydrogen) atoms. The normalized spacial score (nSPS) is 10.5. The van der Waals surface area contributed by atoms with E-state index in [2.05, 4.69) is 15.3 Å². The van der Waals surface area contributed by atoms with E-state index in [1.54, 1.807) is 41.4 Å². The van der Waals surface area contributed by atoms with Gasteiger partial charge in [0.2, 0.25) is 0 Å². The average molecular weight is 315 g/mol. The summed E-state index contributed by atoms with van der Waals surface area (Å²) in [6.07, 6.45) is 1.76. The molecule has 0 saturated heterocycles. The Hall–Kier alpha value is -2.05. The Morgan fingerprint density at radius 1 is 1.19 bits per heavy atom. The fourth-order valence-corrected chi connectivity index (χ4v) is 3.34. The molecule has 0 radical (unpaired) electrons. The first-order chi connectivity index (χ1) is 10.2. The molecule has 0 spiro atoms. The van der Waals surface area contributed by atoms with Gasteiger partial charge < -0.3 is 10.4 Å². The predicted molar refractivity (Wildman–Crippen MR) is 86.6 cm³/mol. The fourth-order valence-electron chi connectivity index (χ4n) is 1.75. The van der Waals surface area contributed by atoms with Crippen LogP contribution < -0.4 is 5.32 Å². The molecule has 106 valence electrons. The first kappa shape index (κ1) is 13.9. The lowest BCUT2D eigenvalue weighted by Crippen LogP contribution is -1.92. The maximum absolute atomic E-state index is 9.50. The van der Waals surface area contributed by atoms with Crippen LogP contribution in [0.5, 0.6) is 5.75 Å². The van der Waals surface area contributed by atoms with Gasteiger partial charge in [0, 0.05) is 21.4 Å². The van der Waals surface area contributed by atoms with Crippen molar-refractivity contribution >= 4 is 34.0 Å². The number of aromatic nitrogens is 2. The van der Waals surface area contributed by atoms with Crippen molar-refractivity contribution in [1.82, 2.24) is 9.97 Å². The van der Waals surface area contributed by atoms with Crippen LogP contribution in [0.2, 0.25) is 0 Å². The second kappa shape index (κ2) is 6.15. The highest BCUT2D eigenvalue weighted by Gasteiger charge is 2.03. The molecule has 6 heteroatoms. The lowest BCUT2D eigenvalue weighted by Gasteiger charge is -2.05. The standard InChI is InChI=1S/C15H13N3OS2/c1-10-9-20-15(17-10)18-14-8-13(5-6-16-14)21-12-4-2-3-11(19)7-12/h2-9,19H,1H3,(H,16,17,18). The zero-order valence-electron chi connectivity index (χ0n) is 11.3. The van der Waals surface area contributed by atoms with Crippen LogP contribution in [-0.4, -0.2) is 15.1 Å². The Bertz CT molecular complexity index is 758. The van der Waals surface area contributed by atoms with Gasteiger partial charge in [-0.25, -0.2) is 9.97 Å². The first-order valence-electron chi connectivity index (χ1n) is 6.31. The second-order valence-corrected chi connectivity index (χ2v) is 6.40. The summed E-state index contributed by atoms with van der Waals surface area (Å²) in [6.45, 7) is 1.96. The molecule has 3 aromatic rings. The van der Waals surface area contributed by atoms with Crippen molar-refractivity contribution < 1.29 is 5.11 Å². The Labute approximate surface area is 130 Å². The number of thiazole rings is 1. The van der Waals surface area contributed by atoms with Crippen LogP contribution in [0.25, 0.3) is 0 Å². The SMILES string of the molecule is Cc1csc(Nc2cc(Sc3cccc(O)c3)ccn2)n1. The maximum Gasteiger partial charge on any atom is 0.188 e. The summed E-state index contributed by atoms with van der Waals surface area (Å²) in [5.74, 6) is 1.03. The van der Waals surface area contributed by atoms with E-state index >= 15 is 0 Å². The van der Waals surface area contributed by atoms with Crippen LogP contribution in [-0.2, 0) is 0 Å². The van der Waals surface area contributed by atoms with Gasteiger partial charge in [-0.15, -0.1) is 11.3 Å². The largest absolute Gasteiger partial charge is 0.508 e. The minimum atomic E-state index is 0.269. The molecule has 4 nitrogen and oxygen atoms in total. The van der Waals surface area contributed by atoms with Crippen LogP contribution in [0, 0.1) is 6.92 Å². The van der Waals surface area contributed by atoms with Gasteiger partial charge in [0.05, 0.1) is 5.69 Å². The van der Waals surface area contributed by atoms with Crippen LogP contribution >= 0.6 is 23.1 Å². The van der Waals surface area contributed by atoms with Crippen molar-refractivity contribution in [3.8, 4) is 5.75 Å². The van der Waals surface area contributed by atoms with Crippen LogP contribution in [0.1, 0.15) is 5.69 Å². The van der Waals surface area contributed by atoms with Gasteiger partial charge >= 0.3 is 0 Å². The number of anilines is 2. The number of nitrogens with one attached hydrogen (secondary N) is 1. The third-order valence-corrected chi connectivity index (χ3v) is 4.49. The molecule has 1 aromatic carbocycles. The molecule has 0 bridgehead atoms. The molecular weight excluding hydrogens is 302 g/mol. The monoisotopic (exact) mass is 315 g/mol. The van der Waals surface area contributed by atoms with Gasteiger partial charge in [-0.1, -0.05) is 17.8 Å². The summed E-state index contributed by atoms with van der Waals surface area (Å²) >= 11 is 3.13. The highest BCUT2D eigenvalue weighted by Crippen LogP contribution is 2.31. The number of aromatic hydroxyl groups is 1. The number of phenols is 1. The van der Waals surface area contributed by atoms with Crippen molar-refractivity contribution in [1.29, 1.82) is 0 Å². The minimum absolute atomic E-state index is 0.269. The second-order valence-electron chi connectivity index (χ2n) is 4.40.